The highest BCUT2D eigenvalue weighted by Crippen LogP contribution is 2.19. The largest absolute Gasteiger partial charge is 0.481 e. The van der Waals surface area contributed by atoms with Gasteiger partial charge in [-0.15, -0.1) is 0 Å². The Kier molecular flexibility index (Phi) is 2.18. The van der Waals surface area contributed by atoms with Crippen LogP contribution in [0, 0.1) is 6.92 Å². The second-order valence-electron chi connectivity index (χ2n) is 2.90. The molecule has 0 saturated heterocycles. The van der Waals surface area contributed by atoms with Crippen molar-refractivity contribution in [2.75, 3.05) is 7.11 Å². The molecule has 2 heterocycles. The van der Waals surface area contributed by atoms with Gasteiger partial charge in [0.05, 0.1) is 12.8 Å². The summed E-state index contributed by atoms with van der Waals surface area (Å²) in [5.74, 6) is 1.22. The molecular weight excluding hydrogens is 180 g/mol. The van der Waals surface area contributed by atoms with Crippen molar-refractivity contribution < 1.29 is 9.26 Å². The van der Waals surface area contributed by atoms with E-state index in [9.17, 15) is 0 Å². The summed E-state index contributed by atoms with van der Waals surface area (Å²) < 4.78 is 10.1. The summed E-state index contributed by atoms with van der Waals surface area (Å²) in [5, 5.41) is 3.79. The molecule has 0 unspecified atom stereocenters. The minimum atomic E-state index is 0.566. The van der Waals surface area contributed by atoms with Gasteiger partial charge in [0.25, 0.3) is 0 Å². The Hall–Kier alpha value is -1.84. The van der Waals surface area contributed by atoms with Crippen molar-refractivity contribution in [3.8, 4) is 17.3 Å². The number of methoxy groups -OCH3 is 1. The summed E-state index contributed by atoms with van der Waals surface area (Å²) in [5.41, 5.74) is 1.56. The molecule has 2 rings (SSSR count). The topological polar surface area (TPSA) is 48.2 Å². The number of aromatic nitrogens is 2. The third kappa shape index (κ3) is 1.59. The monoisotopic (exact) mass is 190 g/mol. The van der Waals surface area contributed by atoms with E-state index in [1.807, 2.05) is 25.1 Å². The Morgan fingerprint density at radius 1 is 1.36 bits per heavy atom. The molecule has 0 saturated carbocycles. The highest BCUT2D eigenvalue weighted by Gasteiger charge is 2.06. The molecule has 4 nitrogen and oxygen atoms in total. The molecule has 0 atom stereocenters. The van der Waals surface area contributed by atoms with Crippen LogP contribution in [-0.4, -0.2) is 17.3 Å². The zero-order valence-corrected chi connectivity index (χ0v) is 8.02. The van der Waals surface area contributed by atoms with Gasteiger partial charge in [0.15, 0.2) is 5.76 Å². The predicted octanol–water partition coefficient (Wildman–Crippen LogP) is 2.05. The van der Waals surface area contributed by atoms with Crippen LogP contribution in [0.25, 0.3) is 11.5 Å². The molecule has 4 heteroatoms. The van der Waals surface area contributed by atoms with E-state index in [4.69, 9.17) is 9.26 Å². The van der Waals surface area contributed by atoms with Crippen molar-refractivity contribution in [3.05, 3.63) is 30.0 Å². The highest BCUT2D eigenvalue weighted by molar-refractivity contribution is 5.52. The Labute approximate surface area is 81.5 Å². The fourth-order valence-electron chi connectivity index (χ4n) is 1.15. The molecule has 0 N–H and O–H groups in total. The standard InChI is InChI=1S/C10H10N2O2/c1-7-6-9(14-12-7)8-4-3-5-10(11-8)13-2/h3-6H,1-2H3. The van der Waals surface area contributed by atoms with Gasteiger partial charge in [0.2, 0.25) is 5.88 Å². The molecule has 0 aromatic carbocycles. The van der Waals surface area contributed by atoms with Crippen LogP contribution < -0.4 is 4.74 Å². The summed E-state index contributed by atoms with van der Waals surface area (Å²) in [7, 11) is 1.58. The van der Waals surface area contributed by atoms with Crippen LogP contribution in [0.4, 0.5) is 0 Å². The molecule has 2 aromatic rings. The first kappa shape index (κ1) is 8.74. The maximum atomic E-state index is 5.08. The van der Waals surface area contributed by atoms with Gasteiger partial charge in [-0.05, 0) is 13.0 Å². The third-order valence-electron chi connectivity index (χ3n) is 1.81. The lowest BCUT2D eigenvalue weighted by Gasteiger charge is -1.98. The molecule has 72 valence electrons. The predicted molar refractivity (Wildman–Crippen MR) is 51.0 cm³/mol. The Morgan fingerprint density at radius 2 is 2.21 bits per heavy atom. The lowest BCUT2D eigenvalue weighted by molar-refractivity contribution is 0.395. The zero-order chi connectivity index (χ0) is 9.97. The fourth-order valence-corrected chi connectivity index (χ4v) is 1.15. The van der Waals surface area contributed by atoms with Crippen molar-refractivity contribution >= 4 is 0 Å². The lowest BCUT2D eigenvalue weighted by atomic mass is 10.3. The van der Waals surface area contributed by atoms with Gasteiger partial charge in [0.1, 0.15) is 5.69 Å². The van der Waals surface area contributed by atoms with Crippen molar-refractivity contribution in [1.82, 2.24) is 10.1 Å². The van der Waals surface area contributed by atoms with E-state index in [2.05, 4.69) is 10.1 Å². The number of hydrogen-bond donors (Lipinski definition) is 0. The van der Waals surface area contributed by atoms with Crippen LogP contribution in [0.1, 0.15) is 5.69 Å². The number of pyridine rings is 1. The number of aryl methyl sites for hydroxylation is 1. The van der Waals surface area contributed by atoms with Crippen LogP contribution in [-0.2, 0) is 0 Å². The molecule has 0 aliphatic carbocycles. The Bertz CT molecular complexity index is 437. The summed E-state index contributed by atoms with van der Waals surface area (Å²) in [6.07, 6.45) is 0. The van der Waals surface area contributed by atoms with E-state index >= 15 is 0 Å². The van der Waals surface area contributed by atoms with Crippen molar-refractivity contribution in [1.29, 1.82) is 0 Å². The first-order valence-corrected chi connectivity index (χ1v) is 4.24. The summed E-state index contributed by atoms with van der Waals surface area (Å²) >= 11 is 0. The van der Waals surface area contributed by atoms with Crippen LogP contribution in [0.15, 0.2) is 28.8 Å². The summed E-state index contributed by atoms with van der Waals surface area (Å²) in [6, 6.07) is 7.33. The maximum absolute atomic E-state index is 5.08. The van der Waals surface area contributed by atoms with Gasteiger partial charge >= 0.3 is 0 Å². The molecule has 14 heavy (non-hydrogen) atoms. The smallest absolute Gasteiger partial charge is 0.213 e. The number of rotatable bonds is 2. The van der Waals surface area contributed by atoms with Crippen LogP contribution in [0.5, 0.6) is 5.88 Å². The zero-order valence-electron chi connectivity index (χ0n) is 8.02. The van der Waals surface area contributed by atoms with Crippen LogP contribution >= 0.6 is 0 Å². The fraction of sp³-hybridized carbons (Fsp3) is 0.200. The molecule has 0 bridgehead atoms. The van der Waals surface area contributed by atoms with Gasteiger partial charge in [-0.1, -0.05) is 11.2 Å². The first-order valence-electron chi connectivity index (χ1n) is 4.24. The molecular formula is C10H10N2O2. The maximum Gasteiger partial charge on any atom is 0.213 e. The van der Waals surface area contributed by atoms with Crippen LogP contribution in [0.3, 0.4) is 0 Å². The van der Waals surface area contributed by atoms with Gasteiger partial charge in [-0.2, -0.15) is 0 Å². The second kappa shape index (κ2) is 3.49. The third-order valence-corrected chi connectivity index (χ3v) is 1.81. The van der Waals surface area contributed by atoms with Crippen LogP contribution in [0.2, 0.25) is 0 Å². The van der Waals surface area contributed by atoms with Crippen molar-refractivity contribution in [2.45, 2.75) is 6.92 Å². The van der Waals surface area contributed by atoms with Gasteiger partial charge in [-0.25, -0.2) is 4.98 Å². The molecule has 0 amide bonds. The van der Waals surface area contributed by atoms with Gasteiger partial charge in [0, 0.05) is 12.1 Å². The molecule has 2 aromatic heterocycles. The minimum absolute atomic E-state index is 0.566. The van der Waals surface area contributed by atoms with E-state index in [1.54, 1.807) is 13.2 Å². The number of hydrogen-bond acceptors (Lipinski definition) is 4. The molecule has 0 aliphatic heterocycles. The molecule has 0 aliphatic rings. The number of nitrogens with zero attached hydrogens (tertiary/aromatic N) is 2. The molecule has 0 radical (unpaired) electrons. The molecule has 0 fully saturated rings. The summed E-state index contributed by atoms with van der Waals surface area (Å²) in [4.78, 5) is 4.22. The van der Waals surface area contributed by atoms with E-state index in [-0.39, 0.29) is 0 Å². The Morgan fingerprint density at radius 3 is 2.86 bits per heavy atom. The normalized spacial score (nSPS) is 10.1. The lowest BCUT2D eigenvalue weighted by Crippen LogP contribution is -1.88. The van der Waals surface area contributed by atoms with Gasteiger partial charge in [-0.3, -0.25) is 0 Å². The quantitative estimate of drug-likeness (QED) is 0.727. The number of ether oxygens (including phenoxy) is 1. The minimum Gasteiger partial charge on any atom is -0.481 e. The SMILES string of the molecule is COc1cccc(-c2cc(C)no2)n1. The average molecular weight is 190 g/mol. The molecule has 0 spiro atoms. The van der Waals surface area contributed by atoms with E-state index < -0.39 is 0 Å². The van der Waals surface area contributed by atoms with Gasteiger partial charge < -0.3 is 9.26 Å². The van der Waals surface area contributed by atoms with E-state index in [1.165, 1.54) is 0 Å². The second-order valence-corrected chi connectivity index (χ2v) is 2.90. The first-order chi connectivity index (χ1) is 6.79. The summed E-state index contributed by atoms with van der Waals surface area (Å²) in [6.45, 7) is 1.87. The van der Waals surface area contributed by atoms with Crippen molar-refractivity contribution in [3.63, 3.8) is 0 Å². The Balaban J connectivity index is 2.41. The average Bonchev–Trinajstić information content (AvgIpc) is 2.65. The van der Waals surface area contributed by atoms with Crippen molar-refractivity contribution in [2.24, 2.45) is 0 Å². The van der Waals surface area contributed by atoms with E-state index in [0.29, 0.717) is 11.6 Å². The van der Waals surface area contributed by atoms with E-state index in [0.717, 1.165) is 11.4 Å². The highest BCUT2D eigenvalue weighted by atomic mass is 16.5.